The number of carbonyl (C=O) groups is 1. The van der Waals surface area contributed by atoms with E-state index in [1.54, 1.807) is 6.07 Å². The molecule has 1 aliphatic heterocycles. The minimum Gasteiger partial charge on any atom is -0.397 e. The van der Waals surface area contributed by atoms with E-state index >= 15 is 0 Å². The molecule has 0 saturated carbocycles. The van der Waals surface area contributed by atoms with Gasteiger partial charge in [-0.1, -0.05) is 6.42 Å². The van der Waals surface area contributed by atoms with E-state index in [1.165, 1.54) is 17.8 Å². The molecule has 1 atom stereocenters. The van der Waals surface area contributed by atoms with Gasteiger partial charge in [-0.15, -0.1) is 11.3 Å². The van der Waals surface area contributed by atoms with Gasteiger partial charge in [0, 0.05) is 12.6 Å². The molecule has 1 aromatic heterocycles. The highest BCUT2D eigenvalue weighted by molar-refractivity contribution is 9.11. The Balaban J connectivity index is 1.98. The van der Waals surface area contributed by atoms with Gasteiger partial charge in [0.25, 0.3) is 5.91 Å². The third-order valence-corrected chi connectivity index (χ3v) is 4.47. The van der Waals surface area contributed by atoms with Gasteiger partial charge in [0.1, 0.15) is 4.88 Å². The van der Waals surface area contributed by atoms with Crippen molar-refractivity contribution in [3.8, 4) is 0 Å². The number of rotatable bonds is 2. The molecule has 2 rings (SSSR count). The molecule has 1 fully saturated rings. The minimum absolute atomic E-state index is 0.0631. The number of amides is 1. The van der Waals surface area contributed by atoms with Gasteiger partial charge in [-0.3, -0.25) is 4.79 Å². The zero-order valence-electron chi connectivity index (χ0n) is 9.46. The van der Waals surface area contributed by atoms with Crippen molar-refractivity contribution in [2.24, 2.45) is 0 Å². The smallest absolute Gasteiger partial charge is 0.263 e. The fourth-order valence-electron chi connectivity index (χ4n) is 1.94. The lowest BCUT2D eigenvalue weighted by molar-refractivity contribution is 0.0940. The predicted molar refractivity (Wildman–Crippen MR) is 74.4 cm³/mol. The van der Waals surface area contributed by atoms with Crippen molar-refractivity contribution in [2.45, 2.75) is 25.3 Å². The second-order valence-electron chi connectivity index (χ2n) is 4.21. The summed E-state index contributed by atoms with van der Waals surface area (Å²) in [5.74, 6) is -0.0631. The molecule has 2 heterocycles. The van der Waals surface area contributed by atoms with Crippen LogP contribution in [0.5, 0.6) is 0 Å². The topological polar surface area (TPSA) is 67.2 Å². The summed E-state index contributed by atoms with van der Waals surface area (Å²) in [4.78, 5) is 12.6. The summed E-state index contributed by atoms with van der Waals surface area (Å²) in [7, 11) is 0. The van der Waals surface area contributed by atoms with E-state index in [0.717, 1.165) is 29.7 Å². The molecule has 4 nitrogen and oxygen atoms in total. The summed E-state index contributed by atoms with van der Waals surface area (Å²) in [6, 6.07) is 1.98. The molecule has 0 spiro atoms. The molecule has 4 N–H and O–H groups in total. The number of nitrogens with one attached hydrogen (secondary N) is 2. The van der Waals surface area contributed by atoms with Gasteiger partial charge in [-0.2, -0.15) is 0 Å². The van der Waals surface area contributed by atoms with Crippen LogP contribution in [0.2, 0.25) is 0 Å². The van der Waals surface area contributed by atoms with Crippen molar-refractivity contribution in [3.05, 3.63) is 14.7 Å². The summed E-state index contributed by atoms with van der Waals surface area (Å²) in [6.45, 7) is 1.89. The Morgan fingerprint density at radius 2 is 2.41 bits per heavy atom. The average Bonchev–Trinajstić information content (AvgIpc) is 2.51. The van der Waals surface area contributed by atoms with Gasteiger partial charge in [-0.25, -0.2) is 0 Å². The Labute approximate surface area is 113 Å². The van der Waals surface area contributed by atoms with Crippen LogP contribution in [-0.2, 0) is 0 Å². The van der Waals surface area contributed by atoms with E-state index in [2.05, 4.69) is 26.6 Å². The van der Waals surface area contributed by atoms with Crippen molar-refractivity contribution in [2.75, 3.05) is 18.8 Å². The molecule has 6 heteroatoms. The molecule has 1 amide bonds. The molecule has 1 unspecified atom stereocenters. The summed E-state index contributed by atoms with van der Waals surface area (Å²) < 4.78 is 0.888. The number of nitrogens with two attached hydrogens (primary N) is 1. The van der Waals surface area contributed by atoms with Crippen molar-refractivity contribution >= 4 is 38.9 Å². The van der Waals surface area contributed by atoms with Crippen LogP contribution in [0.15, 0.2) is 9.85 Å². The first-order chi connectivity index (χ1) is 8.16. The highest BCUT2D eigenvalue weighted by Crippen LogP contribution is 2.29. The summed E-state index contributed by atoms with van der Waals surface area (Å²) in [6.07, 6.45) is 3.37. The molecular weight excluding hydrogens is 302 g/mol. The quantitative estimate of drug-likeness (QED) is 0.781. The van der Waals surface area contributed by atoms with Crippen molar-refractivity contribution in [1.82, 2.24) is 10.6 Å². The van der Waals surface area contributed by atoms with Crippen LogP contribution in [-0.4, -0.2) is 25.0 Å². The highest BCUT2D eigenvalue weighted by Gasteiger charge is 2.18. The number of thiophene rings is 1. The van der Waals surface area contributed by atoms with Crippen LogP contribution >= 0.6 is 27.3 Å². The zero-order valence-corrected chi connectivity index (χ0v) is 11.9. The second-order valence-corrected chi connectivity index (χ2v) is 6.64. The van der Waals surface area contributed by atoms with Gasteiger partial charge in [0.05, 0.1) is 9.47 Å². The summed E-state index contributed by atoms with van der Waals surface area (Å²) >= 11 is 4.71. The Bertz CT molecular complexity index is 399. The van der Waals surface area contributed by atoms with E-state index in [1.807, 2.05) is 0 Å². The maximum absolute atomic E-state index is 12.0. The standard InChI is InChI=1S/C11H16BrN3OS/c12-9-5-8(13)10(17-9)11(16)15-7-3-1-2-4-14-6-7/h5,7,14H,1-4,6,13H2,(H,15,16). The van der Waals surface area contributed by atoms with E-state index in [9.17, 15) is 4.79 Å². The number of halogens is 1. The van der Waals surface area contributed by atoms with Crippen molar-refractivity contribution in [3.63, 3.8) is 0 Å². The normalized spacial score (nSPS) is 20.9. The first kappa shape index (κ1) is 12.9. The molecular formula is C11H16BrN3OS. The molecule has 0 aliphatic carbocycles. The predicted octanol–water partition coefficient (Wildman–Crippen LogP) is 1.96. The molecule has 1 aromatic rings. The van der Waals surface area contributed by atoms with Crippen LogP contribution in [0.25, 0.3) is 0 Å². The molecule has 17 heavy (non-hydrogen) atoms. The first-order valence-corrected chi connectivity index (χ1v) is 7.34. The summed E-state index contributed by atoms with van der Waals surface area (Å²) in [5.41, 5.74) is 6.32. The van der Waals surface area contributed by atoms with Crippen LogP contribution in [0.3, 0.4) is 0 Å². The Hall–Kier alpha value is -0.590. The van der Waals surface area contributed by atoms with E-state index < -0.39 is 0 Å². The van der Waals surface area contributed by atoms with Crippen molar-refractivity contribution < 1.29 is 4.79 Å². The molecule has 0 bridgehead atoms. The molecule has 1 saturated heterocycles. The molecule has 94 valence electrons. The average molecular weight is 318 g/mol. The van der Waals surface area contributed by atoms with Crippen LogP contribution in [0.4, 0.5) is 5.69 Å². The summed E-state index contributed by atoms with van der Waals surface area (Å²) in [5, 5.41) is 6.36. The van der Waals surface area contributed by atoms with E-state index in [-0.39, 0.29) is 11.9 Å². The zero-order chi connectivity index (χ0) is 12.3. The maximum atomic E-state index is 12.0. The number of hydrogen-bond donors (Lipinski definition) is 3. The lowest BCUT2D eigenvalue weighted by atomic mass is 10.1. The van der Waals surface area contributed by atoms with Crippen LogP contribution < -0.4 is 16.4 Å². The minimum atomic E-state index is -0.0631. The highest BCUT2D eigenvalue weighted by atomic mass is 79.9. The SMILES string of the molecule is Nc1cc(Br)sc1C(=O)NC1CCCCNC1. The number of carbonyl (C=O) groups excluding carboxylic acids is 1. The fraction of sp³-hybridized carbons (Fsp3) is 0.545. The first-order valence-electron chi connectivity index (χ1n) is 5.73. The Kier molecular flexibility index (Phi) is 4.42. The third-order valence-electron chi connectivity index (χ3n) is 2.82. The molecule has 0 radical (unpaired) electrons. The molecule has 0 aromatic carbocycles. The maximum Gasteiger partial charge on any atom is 0.263 e. The second kappa shape index (κ2) is 5.84. The van der Waals surface area contributed by atoms with Crippen molar-refractivity contribution in [1.29, 1.82) is 0 Å². The lowest BCUT2D eigenvalue weighted by Gasteiger charge is -2.15. The number of hydrogen-bond acceptors (Lipinski definition) is 4. The Morgan fingerprint density at radius 3 is 3.12 bits per heavy atom. The number of nitrogen functional groups attached to an aromatic ring is 1. The third kappa shape index (κ3) is 3.43. The van der Waals surface area contributed by atoms with Gasteiger partial charge in [0.2, 0.25) is 0 Å². The van der Waals surface area contributed by atoms with Gasteiger partial charge in [0.15, 0.2) is 0 Å². The lowest BCUT2D eigenvalue weighted by Crippen LogP contribution is -2.40. The Morgan fingerprint density at radius 1 is 1.59 bits per heavy atom. The van der Waals surface area contributed by atoms with Gasteiger partial charge >= 0.3 is 0 Å². The van der Waals surface area contributed by atoms with Crippen LogP contribution in [0.1, 0.15) is 28.9 Å². The van der Waals surface area contributed by atoms with Gasteiger partial charge < -0.3 is 16.4 Å². The van der Waals surface area contributed by atoms with E-state index in [4.69, 9.17) is 5.73 Å². The van der Waals surface area contributed by atoms with E-state index in [0.29, 0.717) is 10.6 Å². The monoisotopic (exact) mass is 317 g/mol. The van der Waals surface area contributed by atoms with Gasteiger partial charge in [-0.05, 0) is 41.4 Å². The number of anilines is 1. The van der Waals surface area contributed by atoms with Crippen LogP contribution in [0, 0.1) is 0 Å². The fourth-order valence-corrected chi connectivity index (χ4v) is 3.39. The molecule has 1 aliphatic rings. The largest absolute Gasteiger partial charge is 0.397 e.